The van der Waals surface area contributed by atoms with Crippen LogP contribution < -0.4 is 19.5 Å². The molecule has 0 atom stereocenters. The van der Waals surface area contributed by atoms with E-state index >= 15 is 0 Å². The maximum Gasteiger partial charge on any atom is 0.262 e. The summed E-state index contributed by atoms with van der Waals surface area (Å²) in [4.78, 5) is 12.3. The molecule has 0 aliphatic carbocycles. The molecule has 1 amide bonds. The van der Waals surface area contributed by atoms with Crippen LogP contribution in [0.3, 0.4) is 0 Å². The summed E-state index contributed by atoms with van der Waals surface area (Å²) in [5.74, 6) is 1.03. The molecular formula is C19H16N2O5. The lowest BCUT2D eigenvalue weighted by Crippen LogP contribution is -2.23. The summed E-state index contributed by atoms with van der Waals surface area (Å²) >= 11 is 0. The quantitative estimate of drug-likeness (QED) is 0.633. The SMILES string of the molecule is COc1cc(/C=C(\C#N)C(=O)NCc2ccc3c(c2)OCO3)ccc1O. The summed E-state index contributed by atoms with van der Waals surface area (Å²) < 4.78 is 15.6. The highest BCUT2D eigenvalue weighted by atomic mass is 16.7. The molecule has 0 aromatic heterocycles. The third-order valence-electron chi connectivity index (χ3n) is 3.77. The van der Waals surface area contributed by atoms with E-state index in [0.717, 1.165) is 5.56 Å². The standard InChI is InChI=1S/C19H16N2O5/c1-24-17-7-12(2-4-15(17)22)6-14(9-20)19(23)21-10-13-3-5-16-18(8-13)26-11-25-16/h2-8,22H,10-11H2,1H3,(H,21,23)/b14-6+. The van der Waals surface area contributed by atoms with Gasteiger partial charge in [0.1, 0.15) is 11.6 Å². The fourth-order valence-corrected chi connectivity index (χ4v) is 2.43. The molecule has 1 aliphatic rings. The normalized spacial score (nSPS) is 12.4. The smallest absolute Gasteiger partial charge is 0.262 e. The minimum Gasteiger partial charge on any atom is -0.504 e. The van der Waals surface area contributed by atoms with E-state index in [1.165, 1.54) is 25.3 Å². The number of carbonyl (C=O) groups excluding carboxylic acids is 1. The van der Waals surface area contributed by atoms with Crippen molar-refractivity contribution >= 4 is 12.0 Å². The lowest BCUT2D eigenvalue weighted by atomic mass is 10.1. The van der Waals surface area contributed by atoms with Crippen LogP contribution in [0.5, 0.6) is 23.0 Å². The van der Waals surface area contributed by atoms with Crippen molar-refractivity contribution in [2.75, 3.05) is 13.9 Å². The number of benzene rings is 2. The van der Waals surface area contributed by atoms with Gasteiger partial charge in [-0.2, -0.15) is 5.26 Å². The average molecular weight is 352 g/mol. The fraction of sp³-hybridized carbons (Fsp3) is 0.158. The Morgan fingerprint density at radius 3 is 2.88 bits per heavy atom. The summed E-state index contributed by atoms with van der Waals surface area (Å²) in [6.07, 6.45) is 1.43. The number of hydrogen-bond acceptors (Lipinski definition) is 6. The van der Waals surface area contributed by atoms with Gasteiger partial charge in [0, 0.05) is 6.54 Å². The van der Waals surface area contributed by atoms with Gasteiger partial charge in [0.2, 0.25) is 6.79 Å². The zero-order valence-corrected chi connectivity index (χ0v) is 14.0. The molecule has 0 radical (unpaired) electrons. The average Bonchev–Trinajstić information content (AvgIpc) is 3.13. The van der Waals surface area contributed by atoms with E-state index in [0.29, 0.717) is 17.1 Å². The largest absolute Gasteiger partial charge is 0.504 e. The minimum atomic E-state index is -0.503. The van der Waals surface area contributed by atoms with Crippen LogP contribution in [0.15, 0.2) is 42.0 Å². The second kappa shape index (κ2) is 7.49. The summed E-state index contributed by atoms with van der Waals surface area (Å²) in [5, 5.41) is 21.6. The van der Waals surface area contributed by atoms with Gasteiger partial charge in [0.05, 0.1) is 7.11 Å². The van der Waals surface area contributed by atoms with E-state index in [1.807, 2.05) is 12.1 Å². The van der Waals surface area contributed by atoms with Gasteiger partial charge < -0.3 is 24.6 Å². The molecule has 132 valence electrons. The van der Waals surface area contributed by atoms with Crippen molar-refractivity contribution in [3.8, 4) is 29.1 Å². The van der Waals surface area contributed by atoms with Crippen LogP contribution in [0.25, 0.3) is 6.08 Å². The maximum absolute atomic E-state index is 12.3. The Labute approximate surface area is 150 Å². The molecule has 0 unspecified atom stereocenters. The summed E-state index contributed by atoms with van der Waals surface area (Å²) in [6.45, 7) is 0.427. The predicted octanol–water partition coefficient (Wildman–Crippen LogP) is 2.35. The van der Waals surface area contributed by atoms with Gasteiger partial charge >= 0.3 is 0 Å². The highest BCUT2D eigenvalue weighted by Gasteiger charge is 2.14. The molecule has 0 bridgehead atoms. The van der Waals surface area contributed by atoms with Crippen molar-refractivity contribution < 1.29 is 24.1 Å². The van der Waals surface area contributed by atoms with E-state index in [9.17, 15) is 15.2 Å². The Balaban J connectivity index is 1.70. The number of phenols is 1. The minimum absolute atomic E-state index is 0.0181. The number of nitriles is 1. The summed E-state index contributed by atoms with van der Waals surface area (Å²) in [7, 11) is 1.42. The first-order valence-corrected chi connectivity index (χ1v) is 7.76. The zero-order valence-electron chi connectivity index (χ0n) is 14.0. The molecule has 1 heterocycles. The van der Waals surface area contributed by atoms with E-state index in [4.69, 9.17) is 14.2 Å². The number of phenolic OH excluding ortho intramolecular Hbond substituents is 1. The zero-order chi connectivity index (χ0) is 18.5. The first-order valence-electron chi connectivity index (χ1n) is 7.76. The van der Waals surface area contributed by atoms with Crippen molar-refractivity contribution in [3.63, 3.8) is 0 Å². The Hall–Kier alpha value is -3.66. The molecule has 2 aromatic rings. The van der Waals surface area contributed by atoms with E-state index in [1.54, 1.807) is 18.2 Å². The monoisotopic (exact) mass is 352 g/mol. The maximum atomic E-state index is 12.3. The fourth-order valence-electron chi connectivity index (χ4n) is 2.43. The number of aromatic hydroxyl groups is 1. The van der Waals surface area contributed by atoms with Crippen molar-refractivity contribution in [2.45, 2.75) is 6.54 Å². The molecule has 0 saturated heterocycles. The van der Waals surface area contributed by atoms with Gasteiger partial charge in [-0.15, -0.1) is 0 Å². The van der Waals surface area contributed by atoms with Crippen molar-refractivity contribution in [1.29, 1.82) is 5.26 Å². The van der Waals surface area contributed by atoms with Gasteiger partial charge in [0.25, 0.3) is 5.91 Å². The van der Waals surface area contributed by atoms with E-state index < -0.39 is 5.91 Å². The molecule has 26 heavy (non-hydrogen) atoms. The van der Waals surface area contributed by atoms with Crippen LogP contribution in [-0.2, 0) is 11.3 Å². The number of rotatable bonds is 5. The van der Waals surface area contributed by atoms with Gasteiger partial charge in [-0.05, 0) is 41.5 Å². The third-order valence-corrected chi connectivity index (χ3v) is 3.77. The first kappa shape index (κ1) is 17.2. The van der Waals surface area contributed by atoms with Crippen LogP contribution in [0.2, 0.25) is 0 Å². The number of carbonyl (C=O) groups is 1. The second-order valence-corrected chi connectivity index (χ2v) is 5.47. The van der Waals surface area contributed by atoms with Crippen LogP contribution in [0, 0.1) is 11.3 Å². The molecule has 3 rings (SSSR count). The number of fused-ring (bicyclic) bond motifs is 1. The van der Waals surface area contributed by atoms with E-state index in [2.05, 4.69) is 5.32 Å². The lowest BCUT2D eigenvalue weighted by Gasteiger charge is -2.07. The molecule has 0 saturated carbocycles. The van der Waals surface area contributed by atoms with Crippen LogP contribution in [0.4, 0.5) is 0 Å². The molecule has 7 heteroatoms. The number of nitrogens with one attached hydrogen (secondary N) is 1. The Bertz CT molecular complexity index is 915. The molecule has 2 N–H and O–H groups in total. The summed E-state index contributed by atoms with van der Waals surface area (Å²) in [5.41, 5.74) is 1.33. The number of nitrogens with zero attached hydrogens (tertiary/aromatic N) is 1. The highest BCUT2D eigenvalue weighted by molar-refractivity contribution is 6.01. The summed E-state index contributed by atoms with van der Waals surface area (Å²) in [6, 6.07) is 11.8. The Morgan fingerprint density at radius 1 is 1.31 bits per heavy atom. The third kappa shape index (κ3) is 3.70. The molecule has 0 spiro atoms. The lowest BCUT2D eigenvalue weighted by molar-refractivity contribution is -0.117. The second-order valence-electron chi connectivity index (χ2n) is 5.47. The highest BCUT2D eigenvalue weighted by Crippen LogP contribution is 2.32. The van der Waals surface area contributed by atoms with Crippen molar-refractivity contribution in [3.05, 3.63) is 53.1 Å². The first-order chi connectivity index (χ1) is 12.6. The number of methoxy groups -OCH3 is 1. The number of amides is 1. The van der Waals surface area contributed by atoms with Gasteiger partial charge in [-0.1, -0.05) is 12.1 Å². The molecule has 1 aliphatic heterocycles. The van der Waals surface area contributed by atoms with Gasteiger partial charge in [-0.3, -0.25) is 4.79 Å². The van der Waals surface area contributed by atoms with Gasteiger partial charge in [-0.25, -0.2) is 0 Å². The topological polar surface area (TPSA) is 101 Å². The predicted molar refractivity (Wildman–Crippen MR) is 92.7 cm³/mol. The molecular weight excluding hydrogens is 336 g/mol. The van der Waals surface area contributed by atoms with Gasteiger partial charge in [0.15, 0.2) is 23.0 Å². The van der Waals surface area contributed by atoms with Crippen LogP contribution in [0.1, 0.15) is 11.1 Å². The molecule has 2 aromatic carbocycles. The van der Waals surface area contributed by atoms with Crippen molar-refractivity contribution in [2.24, 2.45) is 0 Å². The van der Waals surface area contributed by atoms with Crippen LogP contribution in [-0.4, -0.2) is 24.9 Å². The number of hydrogen-bond donors (Lipinski definition) is 2. The van der Waals surface area contributed by atoms with Crippen molar-refractivity contribution in [1.82, 2.24) is 5.32 Å². The molecule has 0 fully saturated rings. The molecule has 7 nitrogen and oxygen atoms in total. The Kier molecular flexibility index (Phi) is 4.94. The van der Waals surface area contributed by atoms with Crippen LogP contribution >= 0.6 is 0 Å². The van der Waals surface area contributed by atoms with E-state index in [-0.39, 0.29) is 30.4 Å². The Morgan fingerprint density at radius 2 is 2.12 bits per heavy atom. The number of ether oxygens (including phenoxy) is 3.